The van der Waals surface area contributed by atoms with E-state index >= 15 is 0 Å². The van der Waals surface area contributed by atoms with Gasteiger partial charge in [-0.15, -0.1) is 0 Å². The summed E-state index contributed by atoms with van der Waals surface area (Å²) in [6, 6.07) is 0. The van der Waals surface area contributed by atoms with Gasteiger partial charge in [-0.1, -0.05) is 6.92 Å². The maximum absolute atomic E-state index is 10.7. The molecule has 0 amide bonds. The minimum atomic E-state index is -0.851. The first-order valence-electron chi connectivity index (χ1n) is 4.49. The fourth-order valence-corrected chi connectivity index (χ4v) is 1.77. The third-order valence-corrected chi connectivity index (χ3v) is 2.49. The summed E-state index contributed by atoms with van der Waals surface area (Å²) in [6.07, 6.45) is 0.103. The number of carbonyl (C=O) groups is 1. The largest absolute Gasteiger partial charge is 0.481 e. The fourth-order valence-electron chi connectivity index (χ4n) is 1.77. The molecule has 5 unspecified atom stereocenters. The fraction of sp³-hybridized carbons (Fsp3) is 0.875. The van der Waals surface area contributed by atoms with Crippen molar-refractivity contribution in [2.75, 3.05) is 0 Å². The van der Waals surface area contributed by atoms with Crippen molar-refractivity contribution in [3.63, 3.8) is 0 Å². The minimum Gasteiger partial charge on any atom is -0.481 e. The highest BCUT2D eigenvalue weighted by Gasteiger charge is 2.49. The van der Waals surface area contributed by atoms with Gasteiger partial charge in [-0.2, -0.15) is 0 Å². The molecule has 0 aromatic heterocycles. The molecule has 0 radical (unpaired) electrons. The van der Waals surface area contributed by atoms with Gasteiger partial charge < -0.3 is 9.84 Å². The summed E-state index contributed by atoms with van der Waals surface area (Å²) < 4.78 is 12.8. The van der Waals surface area contributed by atoms with Crippen LogP contribution in [0.5, 0.6) is 0 Å². The lowest BCUT2D eigenvalue weighted by Crippen LogP contribution is -2.26. The molecular formula is C8H12O3. The third kappa shape index (κ3) is 1.13. The average molecular weight is 157 g/mol. The molecule has 11 heavy (non-hydrogen) atoms. The van der Waals surface area contributed by atoms with Crippen LogP contribution in [0.1, 0.15) is 21.1 Å². The summed E-state index contributed by atoms with van der Waals surface area (Å²) in [7, 11) is 0. The Morgan fingerprint density at radius 1 is 1.82 bits per heavy atom. The summed E-state index contributed by atoms with van der Waals surface area (Å²) >= 11 is 0. The minimum absolute atomic E-state index is 0.102. The maximum Gasteiger partial charge on any atom is 0.306 e. The van der Waals surface area contributed by atoms with E-state index in [9.17, 15) is 4.79 Å². The molecule has 2 fully saturated rings. The van der Waals surface area contributed by atoms with E-state index in [2.05, 4.69) is 0 Å². The highest BCUT2D eigenvalue weighted by Crippen LogP contribution is 2.43. The number of hydrogen-bond acceptors (Lipinski definition) is 2. The summed E-state index contributed by atoms with van der Waals surface area (Å²) in [5.74, 6) is -1.07. The van der Waals surface area contributed by atoms with Gasteiger partial charge in [-0.05, 0) is 18.7 Å². The van der Waals surface area contributed by atoms with Gasteiger partial charge in [0.05, 0.1) is 18.1 Å². The summed E-state index contributed by atoms with van der Waals surface area (Å²) in [5.41, 5.74) is 0. The van der Waals surface area contributed by atoms with Gasteiger partial charge in [0.15, 0.2) is 0 Å². The lowest BCUT2D eigenvalue weighted by atomic mass is 9.83. The first-order chi connectivity index (χ1) is 5.61. The quantitative estimate of drug-likeness (QED) is 0.575. The number of epoxide rings is 1. The van der Waals surface area contributed by atoms with E-state index in [0.29, 0.717) is 12.3 Å². The van der Waals surface area contributed by atoms with E-state index in [1.54, 1.807) is 0 Å². The van der Waals surface area contributed by atoms with Crippen molar-refractivity contribution in [3.05, 3.63) is 0 Å². The molecule has 0 bridgehead atoms. The molecule has 1 aliphatic carbocycles. The van der Waals surface area contributed by atoms with E-state index in [-0.39, 0.29) is 12.2 Å². The van der Waals surface area contributed by atoms with E-state index in [1.807, 2.05) is 6.92 Å². The highest BCUT2D eigenvalue weighted by atomic mass is 16.6. The number of ether oxygens (including phenoxy) is 1. The van der Waals surface area contributed by atoms with Crippen LogP contribution in [0.15, 0.2) is 0 Å². The van der Waals surface area contributed by atoms with E-state index in [4.69, 9.17) is 11.2 Å². The normalized spacial score (nSPS) is 56.1. The number of carboxylic acid groups (broad SMARTS) is 1. The Kier molecular flexibility index (Phi) is 1.20. The zero-order valence-corrected chi connectivity index (χ0v) is 6.36. The molecule has 0 aromatic carbocycles. The van der Waals surface area contributed by atoms with Gasteiger partial charge in [0, 0.05) is 1.37 Å². The number of aliphatic carboxylic acids is 1. The van der Waals surface area contributed by atoms with Gasteiger partial charge in [0.2, 0.25) is 0 Å². The molecule has 62 valence electrons. The van der Waals surface area contributed by atoms with Crippen LogP contribution in [0, 0.1) is 11.8 Å². The topological polar surface area (TPSA) is 49.8 Å². The monoisotopic (exact) mass is 157 g/mol. The first kappa shape index (κ1) is 6.00. The van der Waals surface area contributed by atoms with Crippen molar-refractivity contribution in [1.82, 2.24) is 0 Å². The van der Waals surface area contributed by atoms with Crippen molar-refractivity contribution in [1.29, 1.82) is 0 Å². The number of rotatable bonds is 1. The predicted molar refractivity (Wildman–Crippen MR) is 38.2 cm³/mol. The lowest BCUT2D eigenvalue weighted by molar-refractivity contribution is -0.143. The van der Waals surface area contributed by atoms with E-state index in [1.165, 1.54) is 0 Å². The molecule has 5 atom stereocenters. The van der Waals surface area contributed by atoms with Crippen molar-refractivity contribution in [2.45, 2.75) is 31.9 Å². The van der Waals surface area contributed by atoms with Crippen molar-refractivity contribution in [2.24, 2.45) is 11.8 Å². The standard InChI is InChI=1S/C8H12O3/c1-4-2-5(8(9)10)3-6-7(4)11-6/h4-7H,2-3H2,1H3,(H,9,10)/i3D. The van der Waals surface area contributed by atoms with Gasteiger partial charge in [0.1, 0.15) is 0 Å². The Morgan fingerprint density at radius 2 is 2.55 bits per heavy atom. The summed E-state index contributed by atoms with van der Waals surface area (Å²) in [6.45, 7) is 1.99. The molecule has 1 saturated heterocycles. The van der Waals surface area contributed by atoms with Crippen LogP contribution >= 0.6 is 0 Å². The van der Waals surface area contributed by atoms with Crippen LogP contribution in [0.25, 0.3) is 0 Å². The van der Waals surface area contributed by atoms with Gasteiger partial charge >= 0.3 is 5.97 Å². The van der Waals surface area contributed by atoms with Crippen LogP contribution in [-0.4, -0.2) is 23.3 Å². The molecular weight excluding hydrogens is 144 g/mol. The van der Waals surface area contributed by atoms with E-state index in [0.717, 1.165) is 0 Å². The second kappa shape index (κ2) is 2.21. The molecule has 1 N–H and O–H groups in total. The van der Waals surface area contributed by atoms with Crippen molar-refractivity contribution < 1.29 is 16.0 Å². The number of hydrogen-bond donors (Lipinski definition) is 1. The maximum atomic E-state index is 10.7. The summed E-state index contributed by atoms with van der Waals surface area (Å²) in [5, 5.41) is 8.79. The van der Waals surface area contributed by atoms with E-state index < -0.39 is 18.3 Å². The molecule has 1 aliphatic heterocycles. The Balaban J connectivity index is 2.10. The van der Waals surface area contributed by atoms with Crippen LogP contribution in [-0.2, 0) is 9.53 Å². The Labute approximate surface area is 66.8 Å². The Hall–Kier alpha value is -0.570. The van der Waals surface area contributed by atoms with Gasteiger partial charge in [-0.3, -0.25) is 4.79 Å². The zero-order chi connectivity index (χ0) is 8.88. The van der Waals surface area contributed by atoms with Gasteiger partial charge in [-0.25, -0.2) is 0 Å². The summed E-state index contributed by atoms with van der Waals surface area (Å²) in [4.78, 5) is 10.7. The first-order valence-corrected chi connectivity index (χ1v) is 3.91. The van der Waals surface area contributed by atoms with Crippen LogP contribution in [0.3, 0.4) is 0 Å². The molecule has 1 saturated carbocycles. The predicted octanol–water partition coefficient (Wildman–Crippen LogP) is 0.885. The second-order valence-electron chi connectivity index (χ2n) is 3.42. The molecule has 0 aromatic rings. The SMILES string of the molecule is [2H]C1C(C(=O)O)CC(C)C2OC12. The van der Waals surface area contributed by atoms with Crippen molar-refractivity contribution in [3.8, 4) is 0 Å². The second-order valence-corrected chi connectivity index (χ2v) is 3.42. The average Bonchev–Trinajstić information content (AvgIpc) is 2.74. The molecule has 3 nitrogen and oxygen atoms in total. The van der Waals surface area contributed by atoms with Crippen LogP contribution in [0.4, 0.5) is 0 Å². The highest BCUT2D eigenvalue weighted by molar-refractivity contribution is 5.70. The van der Waals surface area contributed by atoms with Crippen LogP contribution < -0.4 is 0 Å². The smallest absolute Gasteiger partial charge is 0.306 e. The molecule has 1 heterocycles. The molecule has 2 rings (SSSR count). The Bertz CT molecular complexity index is 218. The zero-order valence-electron chi connectivity index (χ0n) is 7.36. The Morgan fingerprint density at radius 3 is 3.18 bits per heavy atom. The molecule has 2 aliphatic rings. The molecule has 3 heteroatoms. The van der Waals surface area contributed by atoms with Gasteiger partial charge in [0.25, 0.3) is 0 Å². The van der Waals surface area contributed by atoms with Crippen LogP contribution in [0.2, 0.25) is 0 Å². The van der Waals surface area contributed by atoms with Crippen molar-refractivity contribution >= 4 is 5.97 Å². The lowest BCUT2D eigenvalue weighted by Gasteiger charge is -2.19. The number of carboxylic acids is 1. The molecule has 0 spiro atoms. The number of fused-ring (bicyclic) bond motifs is 1. The third-order valence-electron chi connectivity index (χ3n) is 2.49.